The highest BCUT2D eigenvalue weighted by Gasteiger charge is 2.39. The van der Waals surface area contributed by atoms with Crippen LogP contribution in [0, 0.1) is 0 Å². The number of carbonyl (C=O) groups is 3. The minimum Gasteiger partial charge on any atom is -0.480 e. The van der Waals surface area contributed by atoms with E-state index in [9.17, 15) is 14.4 Å². The summed E-state index contributed by atoms with van der Waals surface area (Å²) in [6.45, 7) is -0.669. The van der Waals surface area contributed by atoms with Gasteiger partial charge >= 0.3 is 5.97 Å². The molecule has 112 valence electrons. The Balaban J connectivity index is 2.04. The molecule has 1 aliphatic rings. The zero-order valence-corrected chi connectivity index (χ0v) is 11.2. The number of likely N-dealkylation sites (tertiary alicyclic amines) is 1. The quantitative estimate of drug-likeness (QED) is 0.691. The van der Waals surface area contributed by atoms with Gasteiger partial charge in [0.15, 0.2) is 0 Å². The average Bonchev–Trinajstić information content (AvgIpc) is 2.91. The number of aliphatic hydroxyl groups is 1. The van der Waals surface area contributed by atoms with E-state index < -0.39 is 30.6 Å². The number of carbonyl (C=O) groups excluding carboxylic acids is 2. The second-order valence-corrected chi connectivity index (χ2v) is 4.83. The van der Waals surface area contributed by atoms with Crippen LogP contribution in [0.25, 0.3) is 0 Å². The third-order valence-electron chi connectivity index (χ3n) is 3.41. The fourth-order valence-corrected chi connectivity index (χ4v) is 2.40. The molecule has 1 aliphatic heterocycles. The standard InChI is InChI=1S/C14H16N2O5/c17-8-12(18)16-7-10(6-11(16)14(20)21)15-13(19)9-4-2-1-3-5-9/h1-5,10-11,17H,6-8H2,(H,15,19)(H,20,21)/t10-,11+/m1/s1. The van der Waals surface area contributed by atoms with Gasteiger partial charge in [0.25, 0.3) is 5.91 Å². The first-order valence-electron chi connectivity index (χ1n) is 6.52. The fourth-order valence-electron chi connectivity index (χ4n) is 2.40. The van der Waals surface area contributed by atoms with Crippen LogP contribution in [0.3, 0.4) is 0 Å². The van der Waals surface area contributed by atoms with E-state index in [1.807, 2.05) is 0 Å². The average molecular weight is 292 g/mol. The molecule has 2 rings (SSSR count). The molecule has 3 N–H and O–H groups in total. The molecule has 7 nitrogen and oxygen atoms in total. The molecule has 1 fully saturated rings. The SMILES string of the molecule is O=C(N[C@@H]1C[C@@H](C(=O)O)N(C(=O)CO)C1)c1ccccc1. The van der Waals surface area contributed by atoms with Gasteiger partial charge in [-0.3, -0.25) is 9.59 Å². The number of amides is 2. The van der Waals surface area contributed by atoms with E-state index >= 15 is 0 Å². The van der Waals surface area contributed by atoms with Gasteiger partial charge in [0.05, 0.1) is 0 Å². The van der Waals surface area contributed by atoms with Gasteiger partial charge in [-0.05, 0) is 12.1 Å². The molecule has 0 unspecified atom stereocenters. The van der Waals surface area contributed by atoms with Crippen molar-refractivity contribution in [3.8, 4) is 0 Å². The van der Waals surface area contributed by atoms with Gasteiger partial charge in [-0.15, -0.1) is 0 Å². The Labute approximate surface area is 121 Å². The highest BCUT2D eigenvalue weighted by molar-refractivity contribution is 5.94. The van der Waals surface area contributed by atoms with Crippen molar-refractivity contribution in [2.75, 3.05) is 13.2 Å². The van der Waals surface area contributed by atoms with Crippen LogP contribution in [-0.2, 0) is 9.59 Å². The molecule has 21 heavy (non-hydrogen) atoms. The highest BCUT2D eigenvalue weighted by Crippen LogP contribution is 2.19. The molecule has 1 aromatic rings. The Hall–Kier alpha value is -2.41. The number of hydrogen-bond acceptors (Lipinski definition) is 4. The van der Waals surface area contributed by atoms with E-state index in [4.69, 9.17) is 10.2 Å². The van der Waals surface area contributed by atoms with Gasteiger partial charge in [-0.25, -0.2) is 4.79 Å². The number of nitrogens with zero attached hydrogens (tertiary/aromatic N) is 1. The normalized spacial score (nSPS) is 21.1. The van der Waals surface area contributed by atoms with Gasteiger partial charge in [0, 0.05) is 24.6 Å². The first kappa shape index (κ1) is 15.0. The predicted octanol–water partition coefficient (Wildman–Crippen LogP) is -0.537. The first-order chi connectivity index (χ1) is 10.0. The minimum atomic E-state index is -1.15. The molecule has 0 saturated carbocycles. The van der Waals surface area contributed by atoms with Crippen molar-refractivity contribution < 1.29 is 24.6 Å². The van der Waals surface area contributed by atoms with Crippen molar-refractivity contribution in [3.63, 3.8) is 0 Å². The lowest BCUT2D eigenvalue weighted by molar-refractivity contribution is -0.149. The molecular weight excluding hydrogens is 276 g/mol. The zero-order valence-electron chi connectivity index (χ0n) is 11.2. The topological polar surface area (TPSA) is 107 Å². The van der Waals surface area contributed by atoms with Crippen molar-refractivity contribution in [2.24, 2.45) is 0 Å². The Morgan fingerprint density at radius 2 is 1.90 bits per heavy atom. The Kier molecular flexibility index (Phi) is 4.54. The smallest absolute Gasteiger partial charge is 0.326 e. The second-order valence-electron chi connectivity index (χ2n) is 4.83. The summed E-state index contributed by atoms with van der Waals surface area (Å²) in [6.07, 6.45) is 0.125. The monoisotopic (exact) mass is 292 g/mol. The lowest BCUT2D eigenvalue weighted by atomic mass is 10.1. The molecule has 1 heterocycles. The Morgan fingerprint density at radius 3 is 2.48 bits per heavy atom. The van der Waals surface area contributed by atoms with Gasteiger partial charge in [-0.1, -0.05) is 18.2 Å². The molecular formula is C14H16N2O5. The van der Waals surface area contributed by atoms with E-state index in [2.05, 4.69) is 5.32 Å². The van der Waals surface area contributed by atoms with Gasteiger partial charge in [-0.2, -0.15) is 0 Å². The van der Waals surface area contributed by atoms with Crippen molar-refractivity contribution in [1.29, 1.82) is 0 Å². The summed E-state index contributed by atoms with van der Waals surface area (Å²) >= 11 is 0. The molecule has 0 aromatic heterocycles. The maximum absolute atomic E-state index is 12.0. The van der Waals surface area contributed by atoms with E-state index in [0.717, 1.165) is 4.90 Å². The van der Waals surface area contributed by atoms with Crippen LogP contribution in [0.5, 0.6) is 0 Å². The van der Waals surface area contributed by atoms with Crippen LogP contribution in [0.4, 0.5) is 0 Å². The molecule has 1 saturated heterocycles. The zero-order chi connectivity index (χ0) is 15.4. The van der Waals surface area contributed by atoms with Gasteiger partial charge in [0.1, 0.15) is 12.6 Å². The summed E-state index contributed by atoms with van der Waals surface area (Å²) in [6, 6.07) is 7.07. The number of rotatable bonds is 4. The molecule has 7 heteroatoms. The number of aliphatic hydroxyl groups excluding tert-OH is 1. The van der Waals surface area contributed by atoms with Crippen molar-refractivity contribution >= 4 is 17.8 Å². The summed E-state index contributed by atoms with van der Waals surface area (Å²) in [5.41, 5.74) is 0.469. The number of carboxylic acid groups (broad SMARTS) is 1. The first-order valence-corrected chi connectivity index (χ1v) is 6.52. The predicted molar refractivity (Wildman–Crippen MR) is 72.5 cm³/mol. The molecule has 0 spiro atoms. The summed E-state index contributed by atoms with van der Waals surface area (Å²) in [5, 5.41) is 20.7. The van der Waals surface area contributed by atoms with E-state index in [1.165, 1.54) is 0 Å². The molecule has 1 aromatic carbocycles. The summed E-state index contributed by atoms with van der Waals surface area (Å²) in [4.78, 5) is 35.8. The maximum atomic E-state index is 12.0. The lowest BCUT2D eigenvalue weighted by Crippen LogP contribution is -2.42. The second kappa shape index (κ2) is 6.36. The fraction of sp³-hybridized carbons (Fsp3) is 0.357. The van der Waals surface area contributed by atoms with Crippen LogP contribution >= 0.6 is 0 Å². The number of carboxylic acids is 1. The summed E-state index contributed by atoms with van der Waals surface area (Å²) in [7, 11) is 0. The summed E-state index contributed by atoms with van der Waals surface area (Å²) < 4.78 is 0. The third-order valence-corrected chi connectivity index (χ3v) is 3.41. The molecule has 2 amide bonds. The number of benzene rings is 1. The molecule has 2 atom stereocenters. The van der Waals surface area contributed by atoms with Crippen LogP contribution in [0.2, 0.25) is 0 Å². The van der Waals surface area contributed by atoms with Crippen LogP contribution in [-0.4, -0.2) is 58.1 Å². The third kappa shape index (κ3) is 3.38. The van der Waals surface area contributed by atoms with Crippen LogP contribution in [0.1, 0.15) is 16.8 Å². The number of hydrogen-bond donors (Lipinski definition) is 3. The highest BCUT2D eigenvalue weighted by atomic mass is 16.4. The number of nitrogens with one attached hydrogen (secondary N) is 1. The van der Waals surface area contributed by atoms with Crippen molar-refractivity contribution in [1.82, 2.24) is 10.2 Å². The van der Waals surface area contributed by atoms with E-state index in [0.29, 0.717) is 5.56 Å². The van der Waals surface area contributed by atoms with E-state index in [-0.39, 0.29) is 18.9 Å². The minimum absolute atomic E-state index is 0.0783. The molecule has 0 aliphatic carbocycles. The Bertz CT molecular complexity index is 546. The molecule has 0 radical (unpaired) electrons. The van der Waals surface area contributed by atoms with Crippen molar-refractivity contribution in [3.05, 3.63) is 35.9 Å². The largest absolute Gasteiger partial charge is 0.480 e. The Morgan fingerprint density at radius 1 is 1.24 bits per heavy atom. The van der Waals surface area contributed by atoms with Crippen LogP contribution < -0.4 is 5.32 Å². The van der Waals surface area contributed by atoms with Crippen LogP contribution in [0.15, 0.2) is 30.3 Å². The van der Waals surface area contributed by atoms with E-state index in [1.54, 1.807) is 30.3 Å². The summed E-state index contributed by atoms with van der Waals surface area (Å²) in [5.74, 6) is -2.12. The van der Waals surface area contributed by atoms with Crippen molar-refractivity contribution in [2.45, 2.75) is 18.5 Å². The lowest BCUT2D eigenvalue weighted by Gasteiger charge is -2.20. The number of aliphatic carboxylic acids is 1. The van der Waals surface area contributed by atoms with Gasteiger partial charge < -0.3 is 20.4 Å². The maximum Gasteiger partial charge on any atom is 0.326 e. The molecule has 0 bridgehead atoms. The van der Waals surface area contributed by atoms with Gasteiger partial charge in [0.2, 0.25) is 5.91 Å².